The lowest BCUT2D eigenvalue weighted by Gasteiger charge is -2.09. The lowest BCUT2D eigenvalue weighted by Crippen LogP contribution is -2.33. The highest BCUT2D eigenvalue weighted by molar-refractivity contribution is 5.67. The number of hydrogen-bond acceptors (Lipinski definition) is 4. The molecule has 0 fully saturated rings. The van der Waals surface area contributed by atoms with Gasteiger partial charge in [0.1, 0.15) is 0 Å². The number of nitrogens with one attached hydrogen (secondary N) is 1. The summed E-state index contributed by atoms with van der Waals surface area (Å²) in [6.07, 6.45) is -1.69. The number of aliphatic carboxylic acids is 1. The molecule has 1 heterocycles. The smallest absolute Gasteiger partial charge is 0.306 e. The lowest BCUT2D eigenvalue weighted by molar-refractivity contribution is -0.139. The molecule has 0 aromatic carbocycles. The molecule has 0 aliphatic rings. The summed E-state index contributed by atoms with van der Waals surface area (Å²) in [5.41, 5.74) is -0.990. The third-order valence-electron chi connectivity index (χ3n) is 1.69. The van der Waals surface area contributed by atoms with Crippen LogP contribution in [0, 0.1) is 0 Å². The molecule has 1 atom stereocenters. The van der Waals surface area contributed by atoms with Gasteiger partial charge in [0, 0.05) is 12.1 Å². The summed E-state index contributed by atoms with van der Waals surface area (Å²) < 4.78 is 0.871. The predicted molar refractivity (Wildman–Crippen MR) is 49.6 cm³/mol. The van der Waals surface area contributed by atoms with E-state index in [-0.39, 0.29) is 6.54 Å². The fourth-order valence-electron chi connectivity index (χ4n) is 1.07. The molecule has 1 aromatic rings. The molecule has 0 radical (unpaired) electrons. The van der Waals surface area contributed by atoms with Gasteiger partial charge in [-0.05, 0) is 0 Å². The number of nitrogens with zero attached hydrogens (tertiary/aromatic N) is 1. The molecular weight excluding hydrogens is 204 g/mol. The Labute approximate surface area is 83.6 Å². The van der Waals surface area contributed by atoms with Crippen molar-refractivity contribution < 1.29 is 15.0 Å². The van der Waals surface area contributed by atoms with Gasteiger partial charge in [0.2, 0.25) is 0 Å². The van der Waals surface area contributed by atoms with Crippen molar-refractivity contribution in [2.75, 3.05) is 0 Å². The van der Waals surface area contributed by atoms with Crippen LogP contribution in [0.2, 0.25) is 0 Å². The Balaban J connectivity index is 2.80. The summed E-state index contributed by atoms with van der Waals surface area (Å²) >= 11 is 0. The molecule has 3 N–H and O–H groups in total. The van der Waals surface area contributed by atoms with E-state index in [1.54, 1.807) is 0 Å². The van der Waals surface area contributed by atoms with Gasteiger partial charge in [-0.2, -0.15) is 0 Å². The fourth-order valence-corrected chi connectivity index (χ4v) is 1.07. The van der Waals surface area contributed by atoms with Gasteiger partial charge in [0.25, 0.3) is 11.1 Å². The van der Waals surface area contributed by atoms with Crippen LogP contribution in [0.5, 0.6) is 0 Å². The zero-order valence-electron chi connectivity index (χ0n) is 7.71. The summed E-state index contributed by atoms with van der Waals surface area (Å²) in [6.45, 7) is -0.249. The lowest BCUT2D eigenvalue weighted by atomic mass is 10.2. The van der Waals surface area contributed by atoms with Crippen LogP contribution in [0.25, 0.3) is 0 Å². The van der Waals surface area contributed by atoms with Crippen LogP contribution in [-0.4, -0.2) is 32.1 Å². The molecule has 0 spiro atoms. The topological polar surface area (TPSA) is 112 Å². The van der Waals surface area contributed by atoms with Crippen LogP contribution >= 0.6 is 0 Å². The number of hydrogen-bond donors (Lipinski definition) is 3. The van der Waals surface area contributed by atoms with E-state index in [0.717, 1.165) is 16.8 Å². The van der Waals surface area contributed by atoms with Crippen molar-refractivity contribution in [2.24, 2.45) is 0 Å². The van der Waals surface area contributed by atoms with Crippen LogP contribution in [-0.2, 0) is 11.3 Å². The van der Waals surface area contributed by atoms with Gasteiger partial charge in [-0.3, -0.25) is 19.5 Å². The Hall–Kier alpha value is -1.89. The standard InChI is InChI=1S/C8H10N2O5/c11-5(3-8(14)15)4-10-7(13)2-1-6(12)9-10/h1-2,5,11H,3-4H2,(H,9,12)(H,14,15). The third-order valence-corrected chi connectivity index (χ3v) is 1.69. The van der Waals surface area contributed by atoms with Crippen LogP contribution in [0.4, 0.5) is 0 Å². The number of rotatable bonds is 4. The number of carboxylic acid groups (broad SMARTS) is 1. The number of H-pyrrole nitrogens is 1. The maximum atomic E-state index is 11.1. The molecule has 0 amide bonds. The van der Waals surface area contributed by atoms with E-state index in [0.29, 0.717) is 0 Å². The molecule has 0 aliphatic heterocycles. The predicted octanol–water partition coefficient (Wildman–Crippen LogP) is -1.63. The molecule has 1 unspecified atom stereocenters. The summed E-state index contributed by atoms with van der Waals surface area (Å²) in [5.74, 6) is -1.17. The first-order valence-corrected chi connectivity index (χ1v) is 4.19. The highest BCUT2D eigenvalue weighted by atomic mass is 16.4. The number of aromatic nitrogens is 2. The molecule has 0 bridgehead atoms. The van der Waals surface area contributed by atoms with Crippen LogP contribution < -0.4 is 11.1 Å². The van der Waals surface area contributed by atoms with Gasteiger partial charge in [0.05, 0.1) is 19.1 Å². The largest absolute Gasteiger partial charge is 0.481 e. The number of carbonyl (C=O) groups is 1. The van der Waals surface area contributed by atoms with E-state index in [2.05, 4.69) is 5.10 Å². The fraction of sp³-hybridized carbons (Fsp3) is 0.375. The monoisotopic (exact) mass is 214 g/mol. The van der Waals surface area contributed by atoms with Crippen LogP contribution in [0.15, 0.2) is 21.7 Å². The summed E-state index contributed by atoms with van der Waals surface area (Å²) in [5, 5.41) is 19.8. The van der Waals surface area contributed by atoms with E-state index in [9.17, 15) is 19.5 Å². The SMILES string of the molecule is O=C(O)CC(O)Cn1[nH]c(=O)ccc1=O. The average Bonchev–Trinajstić information content (AvgIpc) is 2.10. The first-order valence-electron chi connectivity index (χ1n) is 4.19. The Morgan fingerprint density at radius 3 is 2.73 bits per heavy atom. The minimum absolute atomic E-state index is 0.249. The van der Waals surface area contributed by atoms with E-state index in [1.807, 2.05) is 0 Å². The second-order valence-corrected chi connectivity index (χ2v) is 3.01. The summed E-state index contributed by atoms with van der Waals surface area (Å²) in [6, 6.07) is 2.11. The van der Waals surface area contributed by atoms with Crippen molar-refractivity contribution in [3.63, 3.8) is 0 Å². The van der Waals surface area contributed by atoms with Crippen molar-refractivity contribution in [3.05, 3.63) is 32.8 Å². The van der Waals surface area contributed by atoms with Gasteiger partial charge >= 0.3 is 5.97 Å². The highest BCUT2D eigenvalue weighted by Gasteiger charge is 2.11. The Morgan fingerprint density at radius 1 is 1.47 bits per heavy atom. The van der Waals surface area contributed by atoms with Crippen molar-refractivity contribution in [3.8, 4) is 0 Å². The van der Waals surface area contributed by atoms with E-state index >= 15 is 0 Å². The minimum Gasteiger partial charge on any atom is -0.481 e. The molecule has 0 saturated heterocycles. The Kier molecular flexibility index (Phi) is 3.40. The van der Waals surface area contributed by atoms with E-state index in [1.165, 1.54) is 0 Å². The van der Waals surface area contributed by atoms with E-state index in [4.69, 9.17) is 5.11 Å². The maximum Gasteiger partial charge on any atom is 0.306 e. The first-order chi connectivity index (χ1) is 6.99. The molecule has 15 heavy (non-hydrogen) atoms. The van der Waals surface area contributed by atoms with Crippen molar-refractivity contribution in [1.82, 2.24) is 9.78 Å². The summed E-state index contributed by atoms with van der Waals surface area (Å²) in [7, 11) is 0. The van der Waals surface area contributed by atoms with Crippen LogP contribution in [0.1, 0.15) is 6.42 Å². The van der Waals surface area contributed by atoms with Gasteiger partial charge < -0.3 is 10.2 Å². The zero-order valence-corrected chi connectivity index (χ0v) is 7.71. The molecular formula is C8H10N2O5. The molecule has 82 valence electrons. The number of aliphatic hydroxyl groups is 1. The van der Waals surface area contributed by atoms with Gasteiger partial charge in [-0.25, -0.2) is 4.68 Å². The third kappa shape index (κ3) is 3.39. The normalized spacial score (nSPS) is 12.3. The molecule has 1 aromatic heterocycles. The molecule has 1 rings (SSSR count). The summed E-state index contributed by atoms with van der Waals surface area (Å²) in [4.78, 5) is 32.2. The van der Waals surface area contributed by atoms with E-state index < -0.39 is 29.6 Å². The number of aliphatic hydroxyl groups excluding tert-OH is 1. The molecule has 7 nitrogen and oxygen atoms in total. The van der Waals surface area contributed by atoms with Crippen molar-refractivity contribution in [2.45, 2.75) is 19.1 Å². The Morgan fingerprint density at radius 2 is 2.13 bits per heavy atom. The quantitative estimate of drug-likeness (QED) is 0.557. The van der Waals surface area contributed by atoms with Crippen molar-refractivity contribution >= 4 is 5.97 Å². The van der Waals surface area contributed by atoms with Gasteiger partial charge in [-0.15, -0.1) is 0 Å². The van der Waals surface area contributed by atoms with Gasteiger partial charge in [-0.1, -0.05) is 0 Å². The zero-order chi connectivity index (χ0) is 11.4. The number of carboxylic acids is 1. The second-order valence-electron chi connectivity index (χ2n) is 3.01. The molecule has 0 saturated carbocycles. The van der Waals surface area contributed by atoms with Crippen molar-refractivity contribution in [1.29, 1.82) is 0 Å². The Bertz CT molecular complexity index is 461. The average molecular weight is 214 g/mol. The molecule has 0 aliphatic carbocycles. The molecule has 7 heteroatoms. The maximum absolute atomic E-state index is 11.1. The first kappa shape index (κ1) is 11.2. The minimum atomic E-state index is -1.21. The number of aromatic amines is 1. The van der Waals surface area contributed by atoms with Crippen LogP contribution in [0.3, 0.4) is 0 Å². The highest BCUT2D eigenvalue weighted by Crippen LogP contribution is 1.92. The second kappa shape index (κ2) is 4.56. The van der Waals surface area contributed by atoms with Gasteiger partial charge in [0.15, 0.2) is 0 Å².